The molecule has 0 unspecified atom stereocenters. The number of hydrogen-bond donors (Lipinski definition) is 1. The Morgan fingerprint density at radius 2 is 1.87 bits per heavy atom. The summed E-state index contributed by atoms with van der Waals surface area (Å²) in [5, 5.41) is 9.45. The molecule has 23 heavy (non-hydrogen) atoms. The summed E-state index contributed by atoms with van der Waals surface area (Å²) in [6.45, 7) is 3.62. The minimum absolute atomic E-state index is 0.202. The average molecular weight is 334 g/mol. The van der Waals surface area contributed by atoms with Gasteiger partial charge in [0.05, 0.1) is 12.7 Å². The number of aliphatic hydroxyl groups excluding tert-OH is 1. The molecule has 0 aliphatic carbocycles. The van der Waals surface area contributed by atoms with Crippen molar-refractivity contribution in [3.8, 4) is 0 Å². The molecule has 1 aliphatic heterocycles. The first-order valence-corrected chi connectivity index (χ1v) is 7.41. The zero-order chi connectivity index (χ0) is 17.1. The van der Waals surface area contributed by atoms with Crippen LogP contribution < -0.4 is 0 Å². The summed E-state index contributed by atoms with van der Waals surface area (Å²) < 4.78 is 54.3. The molecule has 0 spiro atoms. The van der Waals surface area contributed by atoms with Crippen LogP contribution >= 0.6 is 0 Å². The third-order valence-corrected chi connectivity index (χ3v) is 3.53. The lowest BCUT2D eigenvalue weighted by atomic mass is 10.1. The van der Waals surface area contributed by atoms with Crippen molar-refractivity contribution in [3.63, 3.8) is 0 Å². The Kier molecular flexibility index (Phi) is 5.67. The topological polar surface area (TPSA) is 47.9 Å². The number of hydrogen-bond acceptors (Lipinski definition) is 4. The molecule has 1 N–H and O–H groups in total. The molecule has 0 saturated carbocycles. The van der Waals surface area contributed by atoms with Crippen LogP contribution in [-0.4, -0.2) is 42.0 Å². The van der Waals surface area contributed by atoms with Gasteiger partial charge in [-0.05, 0) is 25.8 Å². The monoisotopic (exact) mass is 334 g/mol. The van der Waals surface area contributed by atoms with Gasteiger partial charge in [-0.1, -0.05) is 30.3 Å². The Morgan fingerprint density at radius 3 is 2.48 bits per heavy atom. The van der Waals surface area contributed by atoms with Crippen LogP contribution in [-0.2, 0) is 20.8 Å². The Balaban J connectivity index is 1.86. The minimum atomic E-state index is -4.75. The third-order valence-electron chi connectivity index (χ3n) is 3.53. The summed E-state index contributed by atoms with van der Waals surface area (Å²) in [6, 6.07) is 9.44. The molecule has 7 heteroatoms. The van der Waals surface area contributed by atoms with Gasteiger partial charge < -0.3 is 19.3 Å². The summed E-state index contributed by atoms with van der Waals surface area (Å²) in [7, 11) is 0. The van der Waals surface area contributed by atoms with E-state index in [0.717, 1.165) is 5.56 Å². The van der Waals surface area contributed by atoms with Crippen LogP contribution in [0.3, 0.4) is 0 Å². The molecule has 0 bridgehead atoms. The Morgan fingerprint density at radius 1 is 1.22 bits per heavy atom. The normalized spacial score (nSPS) is 25.5. The van der Waals surface area contributed by atoms with Crippen molar-refractivity contribution in [1.82, 2.24) is 0 Å². The highest BCUT2D eigenvalue weighted by Gasteiger charge is 2.53. The molecule has 1 heterocycles. The van der Waals surface area contributed by atoms with Gasteiger partial charge in [-0.3, -0.25) is 0 Å². The first-order valence-electron chi connectivity index (χ1n) is 7.41. The van der Waals surface area contributed by atoms with E-state index in [9.17, 15) is 18.3 Å². The molecular formula is C16H21F3O4. The van der Waals surface area contributed by atoms with Gasteiger partial charge in [-0.2, -0.15) is 13.2 Å². The lowest BCUT2D eigenvalue weighted by Crippen LogP contribution is -2.45. The van der Waals surface area contributed by atoms with E-state index in [2.05, 4.69) is 0 Å². The van der Waals surface area contributed by atoms with Gasteiger partial charge >= 0.3 is 6.18 Å². The highest BCUT2D eigenvalue weighted by Crippen LogP contribution is 2.36. The van der Waals surface area contributed by atoms with Crippen LogP contribution in [0.5, 0.6) is 0 Å². The molecule has 3 atom stereocenters. The quantitative estimate of drug-likeness (QED) is 0.813. The summed E-state index contributed by atoms with van der Waals surface area (Å²) in [5.41, 5.74) is 0.975. The fourth-order valence-corrected chi connectivity index (χ4v) is 2.50. The number of aliphatic hydroxyl groups is 1. The summed E-state index contributed by atoms with van der Waals surface area (Å²) in [6.07, 6.45) is -9.46. The molecule has 4 nitrogen and oxygen atoms in total. The van der Waals surface area contributed by atoms with Crippen LogP contribution in [0.4, 0.5) is 13.2 Å². The highest BCUT2D eigenvalue weighted by molar-refractivity contribution is 5.13. The SMILES string of the molecule is CC1(C)O[C@H]([C@H](O)C(F)(F)F)[C@H](CCOCc2ccccc2)O1. The lowest BCUT2D eigenvalue weighted by Gasteiger charge is -2.24. The molecule has 1 aromatic rings. The van der Waals surface area contributed by atoms with Gasteiger partial charge in [0, 0.05) is 6.61 Å². The van der Waals surface area contributed by atoms with E-state index < -0.39 is 30.3 Å². The van der Waals surface area contributed by atoms with Gasteiger partial charge in [-0.25, -0.2) is 0 Å². The van der Waals surface area contributed by atoms with E-state index in [4.69, 9.17) is 14.2 Å². The second kappa shape index (κ2) is 7.17. The molecule has 1 aromatic carbocycles. The van der Waals surface area contributed by atoms with Crippen molar-refractivity contribution in [2.75, 3.05) is 6.61 Å². The van der Waals surface area contributed by atoms with Gasteiger partial charge in [-0.15, -0.1) is 0 Å². The van der Waals surface area contributed by atoms with Crippen molar-refractivity contribution in [2.45, 2.75) is 57.2 Å². The second-order valence-corrected chi connectivity index (χ2v) is 5.95. The van der Waals surface area contributed by atoms with Crippen LogP contribution in [0.1, 0.15) is 25.8 Å². The van der Waals surface area contributed by atoms with E-state index in [1.165, 1.54) is 13.8 Å². The van der Waals surface area contributed by atoms with Gasteiger partial charge in [0.15, 0.2) is 11.9 Å². The van der Waals surface area contributed by atoms with Crippen molar-refractivity contribution >= 4 is 0 Å². The van der Waals surface area contributed by atoms with Gasteiger partial charge in [0.1, 0.15) is 6.10 Å². The number of benzene rings is 1. The first-order chi connectivity index (χ1) is 10.7. The van der Waals surface area contributed by atoms with E-state index in [1.807, 2.05) is 30.3 Å². The molecule has 0 radical (unpaired) electrons. The largest absolute Gasteiger partial charge is 0.417 e. The molecule has 1 saturated heterocycles. The van der Waals surface area contributed by atoms with E-state index in [-0.39, 0.29) is 13.0 Å². The molecule has 1 aliphatic rings. The summed E-state index contributed by atoms with van der Waals surface area (Å²) in [5.74, 6) is -1.17. The number of alkyl halides is 3. The van der Waals surface area contributed by atoms with Gasteiger partial charge in [0.2, 0.25) is 0 Å². The average Bonchev–Trinajstić information content (AvgIpc) is 2.78. The maximum absolute atomic E-state index is 12.7. The molecule has 2 rings (SSSR count). The van der Waals surface area contributed by atoms with Crippen LogP contribution in [0, 0.1) is 0 Å². The Labute approximate surface area is 133 Å². The predicted octanol–water partition coefficient (Wildman–Crippen LogP) is 3.04. The third kappa shape index (κ3) is 5.17. The number of halogens is 3. The number of ether oxygens (including phenoxy) is 3. The van der Waals surface area contributed by atoms with E-state index >= 15 is 0 Å². The summed E-state index contributed by atoms with van der Waals surface area (Å²) in [4.78, 5) is 0. The van der Waals surface area contributed by atoms with Crippen molar-refractivity contribution in [3.05, 3.63) is 35.9 Å². The first kappa shape index (κ1) is 18.2. The minimum Gasteiger partial charge on any atom is -0.381 e. The smallest absolute Gasteiger partial charge is 0.381 e. The summed E-state index contributed by atoms with van der Waals surface area (Å²) >= 11 is 0. The maximum Gasteiger partial charge on any atom is 0.417 e. The van der Waals surface area contributed by atoms with Crippen molar-refractivity contribution < 1.29 is 32.5 Å². The van der Waals surface area contributed by atoms with Crippen molar-refractivity contribution in [2.24, 2.45) is 0 Å². The Hall–Kier alpha value is -1.15. The van der Waals surface area contributed by atoms with Gasteiger partial charge in [0.25, 0.3) is 0 Å². The second-order valence-electron chi connectivity index (χ2n) is 5.95. The molecular weight excluding hydrogens is 313 g/mol. The molecule has 0 aromatic heterocycles. The van der Waals surface area contributed by atoms with Crippen molar-refractivity contribution in [1.29, 1.82) is 0 Å². The predicted molar refractivity (Wildman–Crippen MR) is 76.6 cm³/mol. The lowest BCUT2D eigenvalue weighted by molar-refractivity contribution is -0.242. The molecule has 0 amide bonds. The number of rotatable bonds is 6. The zero-order valence-electron chi connectivity index (χ0n) is 13.0. The standard InChI is InChI=1S/C16H21F3O4/c1-15(2)22-12(13(23-15)14(20)16(17,18)19)8-9-21-10-11-6-4-3-5-7-11/h3-7,12-14,20H,8-10H2,1-2H3/t12-,13-,14-/m0/s1. The highest BCUT2D eigenvalue weighted by atomic mass is 19.4. The molecule has 1 fully saturated rings. The van der Waals surface area contributed by atoms with Crippen LogP contribution in [0.25, 0.3) is 0 Å². The fraction of sp³-hybridized carbons (Fsp3) is 0.625. The van der Waals surface area contributed by atoms with E-state index in [0.29, 0.717) is 6.61 Å². The van der Waals surface area contributed by atoms with Crippen LogP contribution in [0.15, 0.2) is 30.3 Å². The zero-order valence-corrected chi connectivity index (χ0v) is 13.0. The Bertz CT molecular complexity index is 490. The molecule has 130 valence electrons. The van der Waals surface area contributed by atoms with E-state index in [1.54, 1.807) is 0 Å². The van der Waals surface area contributed by atoms with Crippen LogP contribution in [0.2, 0.25) is 0 Å². The fourth-order valence-electron chi connectivity index (χ4n) is 2.50. The maximum atomic E-state index is 12.7.